The van der Waals surface area contributed by atoms with Crippen LogP contribution in [0.2, 0.25) is 0 Å². The maximum absolute atomic E-state index is 12.1. The zero-order chi connectivity index (χ0) is 16.2. The number of thiophene rings is 1. The molecule has 3 nitrogen and oxygen atoms in total. The van der Waals surface area contributed by atoms with Gasteiger partial charge in [0.05, 0.1) is 18.4 Å². The summed E-state index contributed by atoms with van der Waals surface area (Å²) in [5.74, 6) is -0.386. The molecule has 6 heteroatoms. The van der Waals surface area contributed by atoms with Crippen LogP contribution in [0.4, 0.5) is 0 Å². The molecular formula is C17H12BrNO2S2. The van der Waals surface area contributed by atoms with E-state index in [9.17, 15) is 4.79 Å². The Bertz CT molecular complexity index is 852. The van der Waals surface area contributed by atoms with Gasteiger partial charge >= 0.3 is 5.97 Å². The van der Waals surface area contributed by atoms with E-state index in [2.05, 4.69) is 20.9 Å². The van der Waals surface area contributed by atoms with Crippen molar-refractivity contribution in [2.24, 2.45) is 0 Å². The third-order valence-corrected chi connectivity index (χ3v) is 5.60. The fourth-order valence-electron chi connectivity index (χ4n) is 2.00. The van der Waals surface area contributed by atoms with Crippen molar-refractivity contribution < 1.29 is 9.53 Å². The summed E-state index contributed by atoms with van der Waals surface area (Å²) in [5.41, 5.74) is 2.35. The molecule has 2 aromatic heterocycles. The number of aromatic nitrogens is 1. The van der Waals surface area contributed by atoms with Crippen LogP contribution in [0.15, 0.2) is 51.6 Å². The van der Waals surface area contributed by atoms with Crippen LogP contribution < -0.4 is 0 Å². The van der Waals surface area contributed by atoms with Crippen molar-refractivity contribution >= 4 is 56.2 Å². The van der Waals surface area contributed by atoms with E-state index >= 15 is 0 Å². The van der Waals surface area contributed by atoms with Crippen molar-refractivity contribution in [3.8, 4) is 11.3 Å². The molecule has 3 rings (SSSR count). The Hall–Kier alpha value is -1.76. The minimum atomic E-state index is -0.386. The van der Waals surface area contributed by atoms with Crippen molar-refractivity contribution in [3.05, 3.63) is 61.5 Å². The molecule has 0 spiro atoms. The average molecular weight is 406 g/mol. The largest absolute Gasteiger partial charge is 0.465 e. The number of rotatable bonds is 4. The van der Waals surface area contributed by atoms with Gasteiger partial charge in [-0.05, 0) is 28.1 Å². The number of nitrogens with zero attached hydrogens (tertiary/aromatic N) is 1. The molecule has 0 aliphatic heterocycles. The van der Waals surface area contributed by atoms with E-state index in [-0.39, 0.29) is 5.97 Å². The fourth-order valence-corrected chi connectivity index (χ4v) is 4.21. The lowest BCUT2D eigenvalue weighted by molar-refractivity contribution is -0.133. The van der Waals surface area contributed by atoms with Crippen LogP contribution >= 0.6 is 38.6 Å². The highest BCUT2D eigenvalue weighted by atomic mass is 79.9. The maximum Gasteiger partial charge on any atom is 0.340 e. The van der Waals surface area contributed by atoms with Gasteiger partial charge in [-0.15, -0.1) is 22.7 Å². The van der Waals surface area contributed by atoms with Crippen molar-refractivity contribution in [1.82, 2.24) is 4.98 Å². The van der Waals surface area contributed by atoms with Gasteiger partial charge in [-0.3, -0.25) is 0 Å². The Morgan fingerprint density at radius 2 is 2.00 bits per heavy atom. The van der Waals surface area contributed by atoms with Gasteiger partial charge in [0, 0.05) is 25.7 Å². The lowest BCUT2D eigenvalue weighted by atomic mass is 10.2. The third kappa shape index (κ3) is 3.77. The number of carbonyl (C=O) groups excluding carboxylic acids is 1. The van der Waals surface area contributed by atoms with E-state index in [1.807, 2.05) is 53.2 Å². The molecule has 0 saturated heterocycles. The molecule has 1 aromatic carbocycles. The summed E-state index contributed by atoms with van der Waals surface area (Å²) in [6.45, 7) is 0. The molecule has 0 bridgehead atoms. The SMILES string of the molecule is COC(=O)/C(=C\c1cc(Br)cs1)c1nc(-c2ccccc2)cs1. The second kappa shape index (κ2) is 7.21. The predicted molar refractivity (Wildman–Crippen MR) is 99.5 cm³/mol. The van der Waals surface area contributed by atoms with Crippen molar-refractivity contribution in [1.29, 1.82) is 0 Å². The van der Waals surface area contributed by atoms with Crippen LogP contribution in [0.5, 0.6) is 0 Å². The smallest absolute Gasteiger partial charge is 0.340 e. The van der Waals surface area contributed by atoms with Gasteiger partial charge < -0.3 is 4.74 Å². The minimum absolute atomic E-state index is 0.386. The van der Waals surface area contributed by atoms with Crippen molar-refractivity contribution in [3.63, 3.8) is 0 Å². The van der Waals surface area contributed by atoms with Gasteiger partial charge in [-0.1, -0.05) is 30.3 Å². The van der Waals surface area contributed by atoms with Gasteiger partial charge in [0.1, 0.15) is 5.01 Å². The first-order valence-corrected chi connectivity index (χ1v) is 9.28. The molecule has 0 radical (unpaired) electrons. The molecule has 0 saturated carbocycles. The highest BCUT2D eigenvalue weighted by Crippen LogP contribution is 2.30. The van der Waals surface area contributed by atoms with Gasteiger partial charge in [0.2, 0.25) is 0 Å². The summed E-state index contributed by atoms with van der Waals surface area (Å²) in [7, 11) is 1.38. The van der Waals surface area contributed by atoms with E-state index in [4.69, 9.17) is 4.74 Å². The van der Waals surface area contributed by atoms with Crippen LogP contribution in [0, 0.1) is 0 Å². The predicted octanol–water partition coefficient (Wildman–Crippen LogP) is 5.35. The van der Waals surface area contributed by atoms with Crippen LogP contribution in [0.3, 0.4) is 0 Å². The summed E-state index contributed by atoms with van der Waals surface area (Å²) in [5, 5.41) is 4.57. The van der Waals surface area contributed by atoms with Gasteiger partial charge in [0.15, 0.2) is 0 Å². The van der Waals surface area contributed by atoms with Gasteiger partial charge in [-0.2, -0.15) is 0 Å². The number of hydrogen-bond donors (Lipinski definition) is 0. The molecule has 2 heterocycles. The molecule has 0 atom stereocenters. The summed E-state index contributed by atoms with van der Waals surface area (Å²) < 4.78 is 5.90. The Labute approximate surface area is 150 Å². The number of thiazole rings is 1. The minimum Gasteiger partial charge on any atom is -0.465 e. The summed E-state index contributed by atoms with van der Waals surface area (Å²) >= 11 is 6.40. The maximum atomic E-state index is 12.1. The molecule has 0 unspecified atom stereocenters. The van der Waals surface area contributed by atoms with E-state index in [0.717, 1.165) is 20.6 Å². The Kier molecular flexibility index (Phi) is 5.05. The number of ether oxygens (including phenoxy) is 1. The molecule has 0 amide bonds. The summed E-state index contributed by atoms with van der Waals surface area (Å²) in [6, 6.07) is 11.8. The van der Waals surface area contributed by atoms with Crippen LogP contribution in [0.25, 0.3) is 22.9 Å². The van der Waals surface area contributed by atoms with E-state index in [1.165, 1.54) is 18.4 Å². The van der Waals surface area contributed by atoms with E-state index in [1.54, 1.807) is 11.3 Å². The molecule has 0 aliphatic rings. The molecule has 0 aliphatic carbocycles. The third-order valence-electron chi connectivity index (χ3n) is 3.08. The second-order valence-corrected chi connectivity index (χ2v) is 7.34. The molecule has 116 valence electrons. The van der Waals surface area contributed by atoms with E-state index < -0.39 is 0 Å². The molecule has 0 fully saturated rings. The van der Waals surface area contributed by atoms with Crippen LogP contribution in [-0.4, -0.2) is 18.1 Å². The van der Waals surface area contributed by atoms with Crippen molar-refractivity contribution in [2.45, 2.75) is 0 Å². The zero-order valence-corrected chi connectivity index (χ0v) is 15.4. The second-order valence-electron chi connectivity index (χ2n) is 4.62. The number of benzene rings is 1. The number of esters is 1. The fraction of sp³-hybridized carbons (Fsp3) is 0.0588. The van der Waals surface area contributed by atoms with Crippen molar-refractivity contribution in [2.75, 3.05) is 7.11 Å². The summed E-state index contributed by atoms with van der Waals surface area (Å²) in [6.07, 6.45) is 1.81. The normalized spacial score (nSPS) is 11.5. The number of methoxy groups -OCH3 is 1. The van der Waals surface area contributed by atoms with Crippen LogP contribution in [-0.2, 0) is 9.53 Å². The zero-order valence-electron chi connectivity index (χ0n) is 12.2. The lowest BCUT2D eigenvalue weighted by Gasteiger charge is -2.01. The molecular weight excluding hydrogens is 394 g/mol. The first-order valence-electron chi connectivity index (χ1n) is 6.73. The quantitative estimate of drug-likeness (QED) is 0.433. The Balaban J connectivity index is 2.00. The first kappa shape index (κ1) is 16.1. The Morgan fingerprint density at radius 1 is 1.22 bits per heavy atom. The molecule has 0 N–H and O–H groups in total. The molecule has 23 heavy (non-hydrogen) atoms. The number of hydrogen-bond acceptors (Lipinski definition) is 5. The number of carbonyl (C=O) groups is 1. The topological polar surface area (TPSA) is 39.2 Å². The number of halogens is 1. The average Bonchev–Trinajstić information content (AvgIpc) is 3.22. The highest BCUT2D eigenvalue weighted by molar-refractivity contribution is 9.10. The van der Waals surface area contributed by atoms with Gasteiger partial charge in [0.25, 0.3) is 0 Å². The lowest BCUT2D eigenvalue weighted by Crippen LogP contribution is -2.03. The Morgan fingerprint density at radius 3 is 2.65 bits per heavy atom. The first-order chi connectivity index (χ1) is 11.2. The van der Waals surface area contributed by atoms with E-state index in [0.29, 0.717) is 10.6 Å². The standard InChI is InChI=1S/C17H12BrNO2S2/c1-21-17(20)14(8-13-7-12(18)9-22-13)16-19-15(10-23-16)11-5-3-2-4-6-11/h2-10H,1H3/b14-8-. The monoisotopic (exact) mass is 405 g/mol. The van der Waals surface area contributed by atoms with Gasteiger partial charge in [-0.25, -0.2) is 9.78 Å². The van der Waals surface area contributed by atoms with Crippen LogP contribution in [0.1, 0.15) is 9.88 Å². The molecule has 3 aromatic rings. The highest BCUT2D eigenvalue weighted by Gasteiger charge is 2.17. The summed E-state index contributed by atoms with van der Waals surface area (Å²) in [4.78, 5) is 17.7.